The lowest BCUT2D eigenvalue weighted by Crippen LogP contribution is -2.49. The first kappa shape index (κ1) is 16.6. The number of amides is 1. The van der Waals surface area contributed by atoms with Crippen LogP contribution in [0.25, 0.3) is 0 Å². The minimum atomic E-state index is 0.0968. The van der Waals surface area contributed by atoms with Crippen LogP contribution in [0.15, 0.2) is 54.9 Å². The Labute approximate surface area is 143 Å². The van der Waals surface area contributed by atoms with Crippen LogP contribution in [0.3, 0.4) is 0 Å². The highest BCUT2D eigenvalue weighted by molar-refractivity contribution is 5.78. The minimum Gasteiger partial charge on any atom is -0.351 e. The van der Waals surface area contributed by atoms with Crippen LogP contribution in [0.1, 0.15) is 11.1 Å². The van der Waals surface area contributed by atoms with E-state index in [9.17, 15) is 4.79 Å². The average Bonchev–Trinajstić information content (AvgIpc) is 2.63. The number of pyridine rings is 1. The summed E-state index contributed by atoms with van der Waals surface area (Å²) in [6.45, 7) is 5.84. The zero-order valence-corrected chi connectivity index (χ0v) is 13.9. The van der Waals surface area contributed by atoms with Crippen LogP contribution in [0.2, 0.25) is 0 Å². The first-order valence-electron chi connectivity index (χ1n) is 8.44. The molecule has 1 amide bonds. The summed E-state index contributed by atoms with van der Waals surface area (Å²) in [5.41, 5.74) is 2.37. The van der Waals surface area contributed by atoms with Crippen molar-refractivity contribution in [1.82, 2.24) is 20.1 Å². The van der Waals surface area contributed by atoms with Crippen LogP contribution >= 0.6 is 0 Å². The molecule has 0 atom stereocenters. The molecule has 126 valence electrons. The number of hydrogen-bond acceptors (Lipinski definition) is 4. The van der Waals surface area contributed by atoms with Gasteiger partial charge < -0.3 is 5.32 Å². The van der Waals surface area contributed by atoms with Crippen LogP contribution in [0, 0.1) is 0 Å². The molecule has 1 fully saturated rings. The van der Waals surface area contributed by atoms with Crippen LogP contribution in [-0.2, 0) is 17.9 Å². The van der Waals surface area contributed by atoms with E-state index in [2.05, 4.69) is 26.2 Å². The first-order chi connectivity index (χ1) is 11.8. The number of benzene rings is 1. The molecule has 0 spiro atoms. The maximum Gasteiger partial charge on any atom is 0.234 e. The molecule has 1 aromatic carbocycles. The molecule has 3 rings (SSSR count). The number of piperazine rings is 1. The number of nitrogens with one attached hydrogen (secondary N) is 1. The normalized spacial score (nSPS) is 16.0. The SMILES string of the molecule is O=C(CN1CCN(Cc2cccnc2)CC1)NCc1ccccc1. The van der Waals surface area contributed by atoms with E-state index in [-0.39, 0.29) is 5.91 Å². The van der Waals surface area contributed by atoms with Crippen molar-refractivity contribution >= 4 is 5.91 Å². The fraction of sp³-hybridized carbons (Fsp3) is 0.368. The Bertz CT molecular complexity index is 624. The number of aromatic nitrogens is 1. The number of carbonyl (C=O) groups excluding carboxylic acids is 1. The molecule has 1 aliphatic rings. The Morgan fingerprint density at radius 2 is 1.67 bits per heavy atom. The van der Waals surface area contributed by atoms with Crippen molar-refractivity contribution in [2.45, 2.75) is 13.1 Å². The van der Waals surface area contributed by atoms with Crippen molar-refractivity contribution in [2.75, 3.05) is 32.7 Å². The highest BCUT2D eigenvalue weighted by Crippen LogP contribution is 2.07. The van der Waals surface area contributed by atoms with Gasteiger partial charge in [-0.15, -0.1) is 0 Å². The van der Waals surface area contributed by atoms with Crippen LogP contribution in [0.5, 0.6) is 0 Å². The predicted octanol–water partition coefficient (Wildman–Crippen LogP) is 1.52. The summed E-state index contributed by atoms with van der Waals surface area (Å²) in [6, 6.07) is 14.1. The second-order valence-corrected chi connectivity index (χ2v) is 6.18. The molecule has 0 radical (unpaired) electrons. The molecule has 0 bridgehead atoms. The second kappa shape index (κ2) is 8.57. The number of rotatable bonds is 6. The van der Waals surface area contributed by atoms with Crippen molar-refractivity contribution in [1.29, 1.82) is 0 Å². The Balaban J connectivity index is 1.36. The van der Waals surface area contributed by atoms with Gasteiger partial charge >= 0.3 is 0 Å². The largest absolute Gasteiger partial charge is 0.351 e. The van der Waals surface area contributed by atoms with Gasteiger partial charge in [0, 0.05) is 51.7 Å². The molecule has 5 nitrogen and oxygen atoms in total. The molecule has 0 unspecified atom stereocenters. The molecular weight excluding hydrogens is 300 g/mol. The van der Waals surface area contributed by atoms with Gasteiger partial charge in [0.05, 0.1) is 6.54 Å². The maximum absolute atomic E-state index is 12.1. The van der Waals surface area contributed by atoms with Crippen molar-refractivity contribution in [3.8, 4) is 0 Å². The summed E-state index contributed by atoms with van der Waals surface area (Å²) >= 11 is 0. The van der Waals surface area contributed by atoms with E-state index in [4.69, 9.17) is 0 Å². The molecular formula is C19H24N4O. The van der Waals surface area contributed by atoms with Crippen LogP contribution in [-0.4, -0.2) is 53.4 Å². The Kier molecular flexibility index (Phi) is 5.93. The molecule has 1 aromatic heterocycles. The van der Waals surface area contributed by atoms with Crippen molar-refractivity contribution in [2.24, 2.45) is 0 Å². The molecule has 5 heteroatoms. The third-order valence-corrected chi connectivity index (χ3v) is 4.29. The van der Waals surface area contributed by atoms with Crippen molar-refractivity contribution in [3.05, 3.63) is 66.0 Å². The van der Waals surface area contributed by atoms with E-state index in [0.717, 1.165) is 38.3 Å². The predicted molar refractivity (Wildman–Crippen MR) is 94.2 cm³/mol. The zero-order chi connectivity index (χ0) is 16.6. The summed E-state index contributed by atoms with van der Waals surface area (Å²) in [6.07, 6.45) is 3.72. The average molecular weight is 324 g/mol. The van der Waals surface area contributed by atoms with Gasteiger partial charge in [0.2, 0.25) is 5.91 Å². The third kappa shape index (κ3) is 5.15. The van der Waals surface area contributed by atoms with Crippen LogP contribution < -0.4 is 5.32 Å². The highest BCUT2D eigenvalue weighted by atomic mass is 16.2. The quantitative estimate of drug-likeness (QED) is 0.875. The number of hydrogen-bond donors (Lipinski definition) is 1. The van der Waals surface area contributed by atoms with Gasteiger partial charge in [-0.3, -0.25) is 19.6 Å². The fourth-order valence-corrected chi connectivity index (χ4v) is 2.91. The van der Waals surface area contributed by atoms with Gasteiger partial charge in [0.1, 0.15) is 0 Å². The first-order valence-corrected chi connectivity index (χ1v) is 8.44. The molecule has 0 aliphatic carbocycles. The lowest BCUT2D eigenvalue weighted by molar-refractivity contribution is -0.122. The van der Waals surface area contributed by atoms with Crippen molar-refractivity contribution in [3.63, 3.8) is 0 Å². The molecule has 2 heterocycles. The van der Waals surface area contributed by atoms with E-state index in [1.807, 2.05) is 42.6 Å². The summed E-state index contributed by atoms with van der Waals surface area (Å²) in [4.78, 5) is 20.9. The highest BCUT2D eigenvalue weighted by Gasteiger charge is 2.18. The Hall–Kier alpha value is -2.24. The van der Waals surface area contributed by atoms with Gasteiger partial charge in [0.15, 0.2) is 0 Å². The lowest BCUT2D eigenvalue weighted by Gasteiger charge is -2.34. The molecule has 1 N–H and O–H groups in total. The molecule has 2 aromatic rings. The topological polar surface area (TPSA) is 48.5 Å². The summed E-state index contributed by atoms with van der Waals surface area (Å²) in [5, 5.41) is 2.99. The summed E-state index contributed by atoms with van der Waals surface area (Å²) < 4.78 is 0. The monoisotopic (exact) mass is 324 g/mol. The standard InChI is InChI=1S/C19H24N4O/c24-19(21-14-17-5-2-1-3-6-17)16-23-11-9-22(10-12-23)15-18-7-4-8-20-13-18/h1-8,13H,9-12,14-16H2,(H,21,24). The van der Waals surface area contributed by atoms with Gasteiger partial charge in [-0.05, 0) is 17.2 Å². The second-order valence-electron chi connectivity index (χ2n) is 6.18. The molecule has 1 saturated heterocycles. The van der Waals surface area contributed by atoms with E-state index in [0.29, 0.717) is 13.1 Å². The zero-order valence-electron chi connectivity index (χ0n) is 13.9. The number of nitrogens with zero attached hydrogens (tertiary/aromatic N) is 3. The Morgan fingerprint density at radius 3 is 2.38 bits per heavy atom. The van der Waals surface area contributed by atoms with E-state index in [1.54, 1.807) is 6.20 Å². The van der Waals surface area contributed by atoms with Crippen molar-refractivity contribution < 1.29 is 4.79 Å². The number of carbonyl (C=O) groups is 1. The fourth-order valence-electron chi connectivity index (χ4n) is 2.91. The third-order valence-electron chi connectivity index (χ3n) is 4.29. The van der Waals surface area contributed by atoms with E-state index < -0.39 is 0 Å². The summed E-state index contributed by atoms with van der Waals surface area (Å²) in [5.74, 6) is 0.0968. The Morgan fingerprint density at radius 1 is 0.958 bits per heavy atom. The van der Waals surface area contributed by atoms with E-state index in [1.165, 1.54) is 5.56 Å². The molecule has 24 heavy (non-hydrogen) atoms. The van der Waals surface area contributed by atoms with Crippen LogP contribution in [0.4, 0.5) is 0 Å². The smallest absolute Gasteiger partial charge is 0.234 e. The van der Waals surface area contributed by atoms with E-state index >= 15 is 0 Å². The van der Waals surface area contributed by atoms with Gasteiger partial charge in [-0.25, -0.2) is 0 Å². The lowest BCUT2D eigenvalue weighted by atomic mass is 10.2. The maximum atomic E-state index is 12.1. The summed E-state index contributed by atoms with van der Waals surface area (Å²) in [7, 11) is 0. The van der Waals surface area contributed by atoms with Gasteiger partial charge in [-0.1, -0.05) is 36.4 Å². The molecule has 0 saturated carbocycles. The molecule has 1 aliphatic heterocycles. The minimum absolute atomic E-state index is 0.0968. The van der Waals surface area contributed by atoms with Gasteiger partial charge in [0.25, 0.3) is 0 Å². The van der Waals surface area contributed by atoms with Gasteiger partial charge in [-0.2, -0.15) is 0 Å².